The molecule has 2 N–H and O–H groups in total. The van der Waals surface area contributed by atoms with Crippen molar-refractivity contribution in [2.24, 2.45) is 5.92 Å². The van der Waals surface area contributed by atoms with Gasteiger partial charge in [0.05, 0.1) is 4.90 Å². The first kappa shape index (κ1) is 19.2. The maximum atomic E-state index is 12.4. The van der Waals surface area contributed by atoms with Gasteiger partial charge in [-0.1, -0.05) is 6.07 Å². The highest BCUT2D eigenvalue weighted by molar-refractivity contribution is 7.89. The highest BCUT2D eigenvalue weighted by Gasteiger charge is 2.46. The quantitative estimate of drug-likeness (QED) is 0.739. The van der Waals surface area contributed by atoms with E-state index >= 15 is 0 Å². The van der Waals surface area contributed by atoms with Crippen LogP contribution in [0.25, 0.3) is 0 Å². The van der Waals surface area contributed by atoms with Crippen LogP contribution in [0.3, 0.4) is 0 Å². The fourth-order valence-electron chi connectivity index (χ4n) is 2.63. The van der Waals surface area contributed by atoms with Gasteiger partial charge in [0.15, 0.2) is 0 Å². The number of ether oxygens (including phenoxy) is 1. The largest absolute Gasteiger partial charge is 0.573 e. The topological polar surface area (TPSA) is 75.6 Å². The summed E-state index contributed by atoms with van der Waals surface area (Å²) in [5, 5.41) is 12.7. The summed E-state index contributed by atoms with van der Waals surface area (Å²) in [5.41, 5.74) is -1.29. The van der Waals surface area contributed by atoms with Crippen LogP contribution >= 0.6 is 11.3 Å². The molecule has 1 fully saturated rings. The Labute approximate surface area is 152 Å². The average molecular weight is 407 g/mol. The SMILES string of the molecule is O=S(=O)(NCC(O)(c1cccs1)C1CC1)c1ccc(OC(F)(F)F)cc1. The Morgan fingerprint density at radius 3 is 2.35 bits per heavy atom. The van der Waals surface area contributed by atoms with E-state index in [2.05, 4.69) is 9.46 Å². The summed E-state index contributed by atoms with van der Waals surface area (Å²) in [6.07, 6.45) is -3.24. The second-order valence-corrected chi connectivity index (χ2v) is 8.73. The number of thiophene rings is 1. The van der Waals surface area contributed by atoms with Crippen LogP contribution in [0.1, 0.15) is 17.7 Å². The van der Waals surface area contributed by atoms with Crippen molar-refractivity contribution in [3.63, 3.8) is 0 Å². The predicted octanol–water partition coefficient (Wildman–Crippen LogP) is 3.22. The number of rotatable bonds is 7. The highest BCUT2D eigenvalue weighted by atomic mass is 32.2. The molecule has 1 saturated carbocycles. The Morgan fingerprint density at radius 1 is 1.19 bits per heavy atom. The Morgan fingerprint density at radius 2 is 1.85 bits per heavy atom. The van der Waals surface area contributed by atoms with E-state index in [1.807, 2.05) is 0 Å². The molecule has 3 rings (SSSR count). The Balaban J connectivity index is 1.72. The number of hydrogen-bond acceptors (Lipinski definition) is 5. The molecule has 0 amide bonds. The molecule has 0 radical (unpaired) electrons. The summed E-state index contributed by atoms with van der Waals surface area (Å²) >= 11 is 1.34. The number of aliphatic hydroxyl groups is 1. The molecule has 1 aromatic heterocycles. The Hall–Kier alpha value is -1.62. The van der Waals surface area contributed by atoms with Crippen molar-refractivity contribution < 1.29 is 31.4 Å². The molecule has 10 heteroatoms. The number of sulfonamides is 1. The van der Waals surface area contributed by atoms with Crippen molar-refractivity contribution in [2.45, 2.75) is 29.7 Å². The zero-order valence-electron chi connectivity index (χ0n) is 13.4. The molecule has 5 nitrogen and oxygen atoms in total. The van der Waals surface area contributed by atoms with E-state index in [-0.39, 0.29) is 17.4 Å². The van der Waals surface area contributed by atoms with Crippen LogP contribution in [0, 0.1) is 5.92 Å². The molecule has 1 aromatic carbocycles. The van der Waals surface area contributed by atoms with Crippen molar-refractivity contribution in [3.8, 4) is 5.75 Å². The lowest BCUT2D eigenvalue weighted by atomic mass is 9.96. The predicted molar refractivity (Wildman–Crippen MR) is 89.3 cm³/mol. The lowest BCUT2D eigenvalue weighted by molar-refractivity contribution is -0.274. The molecule has 1 aliphatic rings. The first-order valence-corrected chi connectivity index (χ1v) is 10.1. The molecular formula is C16H16F3NO4S2. The van der Waals surface area contributed by atoms with Crippen molar-refractivity contribution in [2.75, 3.05) is 6.54 Å². The van der Waals surface area contributed by atoms with Crippen LogP contribution in [0.2, 0.25) is 0 Å². The van der Waals surface area contributed by atoms with Gasteiger partial charge in [0.25, 0.3) is 0 Å². The average Bonchev–Trinajstić information content (AvgIpc) is 3.27. The first-order chi connectivity index (χ1) is 12.1. The van der Waals surface area contributed by atoms with Gasteiger partial charge in [0.1, 0.15) is 11.4 Å². The minimum atomic E-state index is -4.85. The van der Waals surface area contributed by atoms with Crippen molar-refractivity contribution in [1.29, 1.82) is 0 Å². The van der Waals surface area contributed by atoms with Crippen LogP contribution in [0.5, 0.6) is 5.75 Å². The molecule has 2 aromatic rings. The van der Waals surface area contributed by atoms with E-state index in [4.69, 9.17) is 0 Å². The Bertz CT molecular complexity index is 847. The van der Waals surface area contributed by atoms with Gasteiger partial charge >= 0.3 is 6.36 Å². The molecular weight excluding hydrogens is 391 g/mol. The van der Waals surface area contributed by atoms with Gasteiger partial charge in [-0.2, -0.15) is 0 Å². The third kappa shape index (κ3) is 4.37. The van der Waals surface area contributed by atoms with Crippen molar-refractivity contribution in [3.05, 3.63) is 46.7 Å². The second kappa shape index (κ2) is 6.84. The molecule has 0 aliphatic heterocycles. The van der Waals surface area contributed by atoms with E-state index in [0.717, 1.165) is 37.1 Å². The first-order valence-electron chi connectivity index (χ1n) is 7.72. The molecule has 1 atom stereocenters. The lowest BCUT2D eigenvalue weighted by Gasteiger charge is -2.27. The van der Waals surface area contributed by atoms with Crippen LogP contribution in [-0.2, 0) is 15.6 Å². The fourth-order valence-corrected chi connectivity index (χ4v) is 4.60. The second-order valence-electron chi connectivity index (χ2n) is 6.02. The van der Waals surface area contributed by atoms with Gasteiger partial charge in [0.2, 0.25) is 10.0 Å². The smallest absolute Gasteiger partial charge is 0.406 e. The number of nitrogens with one attached hydrogen (secondary N) is 1. The summed E-state index contributed by atoms with van der Waals surface area (Å²) in [6, 6.07) is 7.42. The van der Waals surface area contributed by atoms with E-state index in [0.29, 0.717) is 4.88 Å². The van der Waals surface area contributed by atoms with Gasteiger partial charge in [-0.25, -0.2) is 13.1 Å². The maximum absolute atomic E-state index is 12.4. The normalized spacial score (nSPS) is 17.7. The van der Waals surface area contributed by atoms with Crippen molar-refractivity contribution in [1.82, 2.24) is 4.72 Å². The van der Waals surface area contributed by atoms with Crippen LogP contribution in [0.4, 0.5) is 13.2 Å². The van der Waals surface area contributed by atoms with E-state index in [1.54, 1.807) is 17.5 Å². The molecule has 0 saturated heterocycles. The molecule has 0 bridgehead atoms. The van der Waals surface area contributed by atoms with Gasteiger partial charge in [0, 0.05) is 11.4 Å². The zero-order chi connectivity index (χ0) is 19.0. The van der Waals surface area contributed by atoms with Gasteiger partial charge in [-0.05, 0) is 54.5 Å². The number of alkyl halides is 3. The number of hydrogen-bond donors (Lipinski definition) is 2. The third-order valence-electron chi connectivity index (χ3n) is 4.10. The molecule has 1 aliphatic carbocycles. The monoisotopic (exact) mass is 407 g/mol. The number of benzene rings is 1. The van der Waals surface area contributed by atoms with Gasteiger partial charge < -0.3 is 9.84 Å². The molecule has 142 valence electrons. The van der Waals surface area contributed by atoms with E-state index in [9.17, 15) is 26.7 Å². The number of halogens is 3. The van der Waals surface area contributed by atoms with Gasteiger partial charge in [-0.15, -0.1) is 24.5 Å². The summed E-state index contributed by atoms with van der Waals surface area (Å²) in [7, 11) is -3.99. The van der Waals surface area contributed by atoms with E-state index in [1.165, 1.54) is 11.3 Å². The summed E-state index contributed by atoms with van der Waals surface area (Å²) in [4.78, 5) is 0.466. The third-order valence-corrected chi connectivity index (χ3v) is 6.55. The molecule has 1 heterocycles. The molecule has 0 spiro atoms. The van der Waals surface area contributed by atoms with Crippen LogP contribution < -0.4 is 9.46 Å². The minimum Gasteiger partial charge on any atom is -0.406 e. The molecule has 26 heavy (non-hydrogen) atoms. The molecule has 1 unspecified atom stereocenters. The Kier molecular flexibility index (Phi) is 5.04. The minimum absolute atomic E-state index is 0.0218. The van der Waals surface area contributed by atoms with Crippen LogP contribution in [-0.4, -0.2) is 26.4 Å². The van der Waals surface area contributed by atoms with Gasteiger partial charge in [-0.3, -0.25) is 0 Å². The fraction of sp³-hybridized carbons (Fsp3) is 0.375. The zero-order valence-corrected chi connectivity index (χ0v) is 15.0. The lowest BCUT2D eigenvalue weighted by Crippen LogP contribution is -2.41. The summed E-state index contributed by atoms with van der Waals surface area (Å²) in [6.45, 7) is -0.207. The summed E-state index contributed by atoms with van der Waals surface area (Å²) in [5.74, 6) is -0.532. The summed E-state index contributed by atoms with van der Waals surface area (Å²) < 4.78 is 67.4. The van der Waals surface area contributed by atoms with Crippen LogP contribution in [0.15, 0.2) is 46.7 Å². The highest BCUT2D eigenvalue weighted by Crippen LogP contribution is 2.46. The van der Waals surface area contributed by atoms with E-state index < -0.39 is 27.7 Å². The maximum Gasteiger partial charge on any atom is 0.573 e. The standard InChI is InChI=1S/C16H16F3NO4S2/c17-16(18,19)24-12-5-7-13(8-6-12)26(22,23)20-10-15(21,11-3-4-11)14-2-1-9-25-14/h1-2,5-9,11,20-21H,3-4,10H2. The van der Waals surface area contributed by atoms with Crippen molar-refractivity contribution >= 4 is 21.4 Å².